The zero-order chi connectivity index (χ0) is 13.1. The fourth-order valence-corrected chi connectivity index (χ4v) is 2.43. The second-order valence-corrected chi connectivity index (χ2v) is 5.30. The van der Waals surface area contributed by atoms with Crippen molar-refractivity contribution < 1.29 is 4.79 Å². The summed E-state index contributed by atoms with van der Waals surface area (Å²) in [6, 6.07) is 6.13. The van der Waals surface area contributed by atoms with E-state index in [0.29, 0.717) is 5.92 Å². The molecule has 2 atom stereocenters. The number of carbonyl (C=O) groups is 1. The zero-order valence-corrected chi connectivity index (χ0v) is 11.4. The first kappa shape index (κ1) is 13.1. The molecular formula is C15H22N2O. The molecule has 1 heterocycles. The number of benzene rings is 1. The normalized spacial score (nSPS) is 23.7. The minimum absolute atomic E-state index is 0.0525. The molecule has 0 bridgehead atoms. The molecule has 1 amide bonds. The lowest BCUT2D eigenvalue weighted by Crippen LogP contribution is -2.50. The minimum Gasteiger partial charge on any atom is -0.348 e. The van der Waals surface area contributed by atoms with Crippen LogP contribution in [-0.4, -0.2) is 25.0 Å². The summed E-state index contributed by atoms with van der Waals surface area (Å²) in [7, 11) is 0. The maximum absolute atomic E-state index is 12.3. The maximum Gasteiger partial charge on any atom is 0.251 e. The van der Waals surface area contributed by atoms with Crippen LogP contribution in [0.3, 0.4) is 0 Å². The Morgan fingerprint density at radius 1 is 1.39 bits per heavy atom. The third kappa shape index (κ3) is 2.72. The van der Waals surface area contributed by atoms with Crippen molar-refractivity contribution in [2.45, 2.75) is 33.2 Å². The second kappa shape index (κ2) is 5.53. The van der Waals surface area contributed by atoms with Gasteiger partial charge in [0, 0.05) is 18.2 Å². The standard InChI is InChI=1S/C15H22N2O/c1-10-5-4-6-13(12(10)3)15(18)17-14-9-16-8-7-11(14)2/h4-6,11,14,16H,7-9H2,1-3H3,(H,17,18)/t11-,14-/m0/s1. The summed E-state index contributed by atoms with van der Waals surface area (Å²) in [5.41, 5.74) is 3.04. The second-order valence-electron chi connectivity index (χ2n) is 5.30. The van der Waals surface area contributed by atoms with Crippen molar-refractivity contribution in [2.24, 2.45) is 5.92 Å². The third-order valence-electron chi connectivity index (χ3n) is 3.99. The summed E-state index contributed by atoms with van der Waals surface area (Å²) in [6.07, 6.45) is 1.12. The average molecular weight is 246 g/mol. The number of nitrogens with one attached hydrogen (secondary N) is 2. The Balaban J connectivity index is 2.09. The van der Waals surface area contributed by atoms with Crippen molar-refractivity contribution in [3.8, 4) is 0 Å². The van der Waals surface area contributed by atoms with Gasteiger partial charge in [0.1, 0.15) is 0 Å². The molecular weight excluding hydrogens is 224 g/mol. The third-order valence-corrected chi connectivity index (χ3v) is 3.99. The molecule has 0 aliphatic carbocycles. The topological polar surface area (TPSA) is 41.1 Å². The molecule has 0 unspecified atom stereocenters. The molecule has 0 radical (unpaired) electrons. The van der Waals surface area contributed by atoms with E-state index in [0.717, 1.165) is 36.2 Å². The van der Waals surface area contributed by atoms with Gasteiger partial charge in [0.05, 0.1) is 0 Å². The molecule has 0 saturated carbocycles. The van der Waals surface area contributed by atoms with Crippen LogP contribution in [0.4, 0.5) is 0 Å². The van der Waals surface area contributed by atoms with E-state index in [1.54, 1.807) is 0 Å². The Morgan fingerprint density at radius 2 is 2.17 bits per heavy atom. The summed E-state index contributed by atoms with van der Waals surface area (Å²) in [6.45, 7) is 8.17. The van der Waals surface area contributed by atoms with Crippen LogP contribution in [0.5, 0.6) is 0 Å². The Labute approximate surface area is 109 Å². The quantitative estimate of drug-likeness (QED) is 0.838. The van der Waals surface area contributed by atoms with E-state index < -0.39 is 0 Å². The molecule has 18 heavy (non-hydrogen) atoms. The van der Waals surface area contributed by atoms with Gasteiger partial charge in [-0.1, -0.05) is 19.1 Å². The highest BCUT2D eigenvalue weighted by molar-refractivity contribution is 5.96. The number of rotatable bonds is 2. The fourth-order valence-electron chi connectivity index (χ4n) is 2.43. The lowest BCUT2D eigenvalue weighted by molar-refractivity contribution is 0.0914. The number of amides is 1. The van der Waals surface area contributed by atoms with Crippen molar-refractivity contribution in [2.75, 3.05) is 13.1 Å². The van der Waals surface area contributed by atoms with Crippen LogP contribution in [0.1, 0.15) is 34.8 Å². The van der Waals surface area contributed by atoms with Gasteiger partial charge in [0.25, 0.3) is 5.91 Å². The van der Waals surface area contributed by atoms with E-state index in [2.05, 4.69) is 17.6 Å². The fraction of sp³-hybridized carbons (Fsp3) is 0.533. The Kier molecular flexibility index (Phi) is 4.02. The highest BCUT2D eigenvalue weighted by Crippen LogP contribution is 2.15. The molecule has 1 aromatic rings. The van der Waals surface area contributed by atoms with Gasteiger partial charge in [-0.05, 0) is 49.9 Å². The SMILES string of the molecule is Cc1cccc(C(=O)N[C@H]2CNCC[C@@H]2C)c1C. The van der Waals surface area contributed by atoms with E-state index in [-0.39, 0.29) is 11.9 Å². The average Bonchev–Trinajstić information content (AvgIpc) is 2.35. The smallest absolute Gasteiger partial charge is 0.251 e. The van der Waals surface area contributed by atoms with Gasteiger partial charge in [-0.25, -0.2) is 0 Å². The van der Waals surface area contributed by atoms with E-state index >= 15 is 0 Å². The van der Waals surface area contributed by atoms with Gasteiger partial charge in [-0.3, -0.25) is 4.79 Å². The van der Waals surface area contributed by atoms with Gasteiger partial charge < -0.3 is 10.6 Å². The van der Waals surface area contributed by atoms with E-state index in [1.165, 1.54) is 0 Å². The summed E-state index contributed by atoms with van der Waals surface area (Å²) in [5, 5.41) is 6.48. The van der Waals surface area contributed by atoms with Crippen LogP contribution in [0.2, 0.25) is 0 Å². The van der Waals surface area contributed by atoms with E-state index in [1.807, 2.05) is 32.0 Å². The number of piperidine rings is 1. The lowest BCUT2D eigenvalue weighted by atomic mass is 9.94. The van der Waals surface area contributed by atoms with Crippen molar-refractivity contribution in [3.63, 3.8) is 0 Å². The zero-order valence-electron chi connectivity index (χ0n) is 11.4. The molecule has 1 aromatic carbocycles. The Morgan fingerprint density at radius 3 is 2.89 bits per heavy atom. The van der Waals surface area contributed by atoms with Crippen LogP contribution in [0.15, 0.2) is 18.2 Å². The Bertz CT molecular complexity index is 442. The molecule has 1 aliphatic rings. The predicted octanol–water partition coefficient (Wildman–Crippen LogP) is 2.03. The molecule has 2 N–H and O–H groups in total. The minimum atomic E-state index is 0.0525. The van der Waals surface area contributed by atoms with Crippen LogP contribution < -0.4 is 10.6 Å². The largest absolute Gasteiger partial charge is 0.348 e. The molecule has 0 aromatic heterocycles. The van der Waals surface area contributed by atoms with Crippen molar-refractivity contribution in [1.82, 2.24) is 10.6 Å². The summed E-state index contributed by atoms with van der Waals surface area (Å²) < 4.78 is 0. The summed E-state index contributed by atoms with van der Waals surface area (Å²) in [5.74, 6) is 0.595. The first-order valence-electron chi connectivity index (χ1n) is 6.67. The maximum atomic E-state index is 12.3. The molecule has 1 saturated heterocycles. The molecule has 0 spiro atoms. The van der Waals surface area contributed by atoms with Crippen molar-refractivity contribution in [1.29, 1.82) is 0 Å². The molecule has 3 heteroatoms. The summed E-state index contributed by atoms with van der Waals surface area (Å²) in [4.78, 5) is 12.3. The van der Waals surface area contributed by atoms with Crippen LogP contribution in [0, 0.1) is 19.8 Å². The molecule has 2 rings (SSSR count). The van der Waals surface area contributed by atoms with Crippen molar-refractivity contribution in [3.05, 3.63) is 34.9 Å². The summed E-state index contributed by atoms with van der Waals surface area (Å²) >= 11 is 0. The molecule has 1 aliphatic heterocycles. The van der Waals surface area contributed by atoms with E-state index in [4.69, 9.17) is 0 Å². The molecule has 1 fully saturated rings. The van der Waals surface area contributed by atoms with Gasteiger partial charge >= 0.3 is 0 Å². The van der Waals surface area contributed by atoms with Gasteiger partial charge in [0.15, 0.2) is 0 Å². The van der Waals surface area contributed by atoms with Crippen LogP contribution in [-0.2, 0) is 0 Å². The number of hydrogen-bond acceptors (Lipinski definition) is 2. The van der Waals surface area contributed by atoms with E-state index in [9.17, 15) is 4.79 Å². The number of aryl methyl sites for hydroxylation is 1. The first-order valence-corrected chi connectivity index (χ1v) is 6.67. The molecule has 98 valence electrons. The highest BCUT2D eigenvalue weighted by atomic mass is 16.1. The van der Waals surface area contributed by atoms with Crippen molar-refractivity contribution >= 4 is 5.91 Å². The Hall–Kier alpha value is -1.35. The van der Waals surface area contributed by atoms with Gasteiger partial charge in [0.2, 0.25) is 0 Å². The van der Waals surface area contributed by atoms with Crippen LogP contribution >= 0.6 is 0 Å². The molecule has 3 nitrogen and oxygen atoms in total. The highest BCUT2D eigenvalue weighted by Gasteiger charge is 2.23. The number of hydrogen-bond donors (Lipinski definition) is 2. The lowest BCUT2D eigenvalue weighted by Gasteiger charge is -2.30. The van der Waals surface area contributed by atoms with Gasteiger partial charge in [-0.15, -0.1) is 0 Å². The predicted molar refractivity (Wildman–Crippen MR) is 73.8 cm³/mol. The number of carbonyl (C=O) groups excluding carboxylic acids is 1. The monoisotopic (exact) mass is 246 g/mol. The van der Waals surface area contributed by atoms with Gasteiger partial charge in [-0.2, -0.15) is 0 Å². The van der Waals surface area contributed by atoms with Crippen LogP contribution in [0.25, 0.3) is 0 Å². The first-order chi connectivity index (χ1) is 8.59.